The molecule has 21 heavy (non-hydrogen) atoms. The van der Waals surface area contributed by atoms with Crippen molar-refractivity contribution in [2.45, 2.75) is 25.7 Å². The van der Waals surface area contributed by atoms with E-state index in [0.717, 1.165) is 9.52 Å². The summed E-state index contributed by atoms with van der Waals surface area (Å²) in [6.07, 6.45) is 4.82. The number of hydrogen-bond acceptors (Lipinski definition) is 0. The Morgan fingerprint density at radius 1 is 0.667 bits per heavy atom. The van der Waals surface area contributed by atoms with Crippen molar-refractivity contribution < 1.29 is 0 Å². The summed E-state index contributed by atoms with van der Waals surface area (Å²) < 4.78 is 0. The highest BCUT2D eigenvalue weighted by Gasteiger charge is 2.26. The van der Waals surface area contributed by atoms with E-state index in [1.165, 1.54) is 22.3 Å². The number of rotatable bonds is 2. The molecule has 0 aromatic heterocycles. The second-order valence-electron chi connectivity index (χ2n) is 6.03. The lowest BCUT2D eigenvalue weighted by molar-refractivity contribution is 0.949. The van der Waals surface area contributed by atoms with E-state index in [9.17, 15) is 0 Å². The van der Waals surface area contributed by atoms with E-state index >= 15 is 0 Å². The molecule has 102 valence electrons. The van der Waals surface area contributed by atoms with Crippen molar-refractivity contribution in [3.63, 3.8) is 0 Å². The van der Waals surface area contributed by atoms with Gasteiger partial charge < -0.3 is 0 Å². The van der Waals surface area contributed by atoms with Crippen LogP contribution in [0.3, 0.4) is 0 Å². The summed E-state index contributed by atoms with van der Waals surface area (Å²) in [5.41, 5.74) is 5.81. The van der Waals surface area contributed by atoms with Crippen molar-refractivity contribution in [1.29, 1.82) is 0 Å². The van der Waals surface area contributed by atoms with E-state index in [1.807, 2.05) is 0 Å². The molecule has 4 rings (SSSR count). The van der Waals surface area contributed by atoms with Crippen molar-refractivity contribution in [3.8, 4) is 0 Å². The molecule has 0 saturated heterocycles. The van der Waals surface area contributed by atoms with Crippen LogP contribution in [0.4, 0.5) is 0 Å². The predicted octanol–water partition coefficient (Wildman–Crippen LogP) is 5.01. The maximum absolute atomic E-state index is 2.41. The van der Waals surface area contributed by atoms with Crippen LogP contribution in [0.5, 0.6) is 0 Å². The first kappa shape index (κ1) is 12.8. The van der Waals surface area contributed by atoms with E-state index in [-0.39, 0.29) is 0 Å². The van der Waals surface area contributed by atoms with Gasteiger partial charge >= 0.3 is 0 Å². The third kappa shape index (κ3) is 2.04. The van der Waals surface area contributed by atoms with Crippen LogP contribution < -0.4 is 0 Å². The molecule has 0 aliphatic heterocycles. The number of hydrogen-bond donors (Lipinski definition) is 0. The van der Waals surface area contributed by atoms with Gasteiger partial charge in [0.25, 0.3) is 0 Å². The van der Waals surface area contributed by atoms with Crippen molar-refractivity contribution in [1.82, 2.24) is 0 Å². The first-order valence-corrected chi connectivity index (χ1v) is 8.62. The molecule has 0 fully saturated rings. The van der Waals surface area contributed by atoms with Gasteiger partial charge in [-0.1, -0.05) is 84.9 Å². The maximum Gasteiger partial charge on any atom is 0.111 e. The highest BCUT2D eigenvalue weighted by Crippen LogP contribution is 2.40. The summed E-state index contributed by atoms with van der Waals surface area (Å²) in [4.78, 5) is 0. The Labute approximate surface area is 129 Å². The lowest BCUT2D eigenvalue weighted by atomic mass is 10.0. The second kappa shape index (κ2) is 4.85. The average Bonchev–Trinajstić information content (AvgIpc) is 2.99. The fraction of sp³-hybridized carbons (Fsp3) is 0.200. The first-order valence-electron chi connectivity index (χ1n) is 7.62. The lowest BCUT2D eigenvalue weighted by Crippen LogP contribution is -2.07. The van der Waals surface area contributed by atoms with Gasteiger partial charge in [-0.2, -0.15) is 0 Å². The molecular weight excluding hydrogens is 268 g/mol. The van der Waals surface area contributed by atoms with Gasteiger partial charge in [0.05, 0.1) is 0 Å². The van der Waals surface area contributed by atoms with E-state index in [1.54, 1.807) is 10.4 Å². The van der Waals surface area contributed by atoms with Crippen LogP contribution in [0.15, 0.2) is 58.9 Å². The molecule has 1 heteroatoms. The SMILES string of the molecule is CC1C([Si]C2=Cc3ccccc3C2C)=Cc2ccccc21. The zero-order valence-corrected chi connectivity index (χ0v) is 13.4. The fourth-order valence-corrected chi connectivity index (χ4v) is 4.98. The van der Waals surface area contributed by atoms with Gasteiger partial charge in [-0.3, -0.25) is 0 Å². The maximum atomic E-state index is 2.41. The van der Waals surface area contributed by atoms with Gasteiger partial charge in [-0.25, -0.2) is 0 Å². The average molecular weight is 286 g/mol. The Kier molecular flexibility index (Phi) is 2.97. The van der Waals surface area contributed by atoms with Gasteiger partial charge in [-0.05, 0) is 34.1 Å². The quantitative estimate of drug-likeness (QED) is 0.681. The zero-order chi connectivity index (χ0) is 14.4. The molecule has 0 N–H and O–H groups in total. The third-order valence-electron chi connectivity index (χ3n) is 4.77. The second-order valence-corrected chi connectivity index (χ2v) is 7.43. The van der Waals surface area contributed by atoms with Gasteiger partial charge in [0.2, 0.25) is 0 Å². The zero-order valence-electron chi connectivity index (χ0n) is 12.4. The number of fused-ring (bicyclic) bond motifs is 2. The molecule has 2 aliphatic carbocycles. The van der Waals surface area contributed by atoms with E-state index < -0.39 is 0 Å². The topological polar surface area (TPSA) is 0 Å². The van der Waals surface area contributed by atoms with Crippen LogP contribution in [-0.4, -0.2) is 9.52 Å². The monoisotopic (exact) mass is 286 g/mol. The molecule has 0 nitrogen and oxygen atoms in total. The fourth-order valence-electron chi connectivity index (χ4n) is 3.45. The highest BCUT2D eigenvalue weighted by atomic mass is 28.2. The summed E-state index contributed by atoms with van der Waals surface area (Å²) in [5.74, 6) is 1.13. The Balaban J connectivity index is 1.62. The first-order chi connectivity index (χ1) is 10.2. The molecule has 2 aliphatic rings. The molecular formula is C20H18Si. The number of benzene rings is 2. The van der Waals surface area contributed by atoms with Gasteiger partial charge in [-0.15, -0.1) is 0 Å². The Morgan fingerprint density at radius 3 is 1.52 bits per heavy atom. The Hall–Kier alpha value is -1.86. The van der Waals surface area contributed by atoms with Crippen LogP contribution in [0.2, 0.25) is 0 Å². The summed E-state index contributed by atoms with van der Waals surface area (Å²) >= 11 is 0. The van der Waals surface area contributed by atoms with Crippen LogP contribution >= 0.6 is 0 Å². The molecule has 2 unspecified atom stereocenters. The smallest absolute Gasteiger partial charge is 0.0721 e. The molecule has 0 heterocycles. The largest absolute Gasteiger partial charge is 0.111 e. The normalized spacial score (nSPS) is 22.6. The summed E-state index contributed by atoms with van der Waals surface area (Å²) in [6, 6.07) is 17.6. The predicted molar refractivity (Wildman–Crippen MR) is 91.4 cm³/mol. The van der Waals surface area contributed by atoms with Gasteiger partial charge in [0, 0.05) is 0 Å². The molecule has 0 saturated carbocycles. The van der Waals surface area contributed by atoms with Gasteiger partial charge in [0.1, 0.15) is 9.52 Å². The minimum atomic E-state index is 0.566. The van der Waals surface area contributed by atoms with Crippen LogP contribution in [-0.2, 0) is 0 Å². The Bertz CT molecular complexity index is 701. The molecule has 0 bridgehead atoms. The molecule has 2 aromatic rings. The summed E-state index contributed by atoms with van der Waals surface area (Å²) in [6.45, 7) is 4.69. The van der Waals surface area contributed by atoms with E-state index in [4.69, 9.17) is 0 Å². The van der Waals surface area contributed by atoms with Gasteiger partial charge in [0.15, 0.2) is 0 Å². The standard InChI is InChI=1S/C20H18Si/c1-13-17-9-5-3-7-15(17)11-19(13)21-20-12-16-8-4-6-10-18(16)14(20)2/h3-14H,1-2H3. The van der Waals surface area contributed by atoms with Crippen LogP contribution in [0, 0.1) is 0 Å². The van der Waals surface area contributed by atoms with E-state index in [0.29, 0.717) is 11.8 Å². The van der Waals surface area contributed by atoms with E-state index in [2.05, 4.69) is 74.5 Å². The van der Waals surface area contributed by atoms with Crippen molar-refractivity contribution in [2.75, 3.05) is 0 Å². The molecule has 2 aromatic carbocycles. The van der Waals surface area contributed by atoms with Crippen molar-refractivity contribution in [3.05, 3.63) is 81.2 Å². The highest BCUT2D eigenvalue weighted by molar-refractivity contribution is 6.57. The van der Waals surface area contributed by atoms with Crippen molar-refractivity contribution >= 4 is 21.7 Å². The third-order valence-corrected chi connectivity index (χ3v) is 6.50. The summed E-state index contributed by atoms with van der Waals surface area (Å²) in [5, 5.41) is 3.17. The van der Waals surface area contributed by atoms with Crippen LogP contribution in [0.25, 0.3) is 12.2 Å². The molecule has 2 atom stereocenters. The summed E-state index contributed by atoms with van der Waals surface area (Å²) in [7, 11) is 0.815. The molecule has 0 amide bonds. The Morgan fingerprint density at radius 2 is 1.10 bits per heavy atom. The number of allylic oxidation sites excluding steroid dienone is 2. The van der Waals surface area contributed by atoms with Crippen LogP contribution in [0.1, 0.15) is 47.9 Å². The van der Waals surface area contributed by atoms with Crippen molar-refractivity contribution in [2.24, 2.45) is 0 Å². The molecule has 2 radical (unpaired) electrons. The minimum Gasteiger partial charge on any atom is -0.0721 e. The minimum absolute atomic E-state index is 0.566. The molecule has 0 spiro atoms. The lowest BCUT2D eigenvalue weighted by Gasteiger charge is -2.14.